The molecule has 0 amide bonds. The van der Waals surface area contributed by atoms with Crippen LogP contribution in [0.4, 0.5) is 0 Å². The van der Waals surface area contributed by atoms with Gasteiger partial charge in [-0.1, -0.05) is 26.2 Å². The van der Waals surface area contributed by atoms with Crippen LogP contribution < -0.4 is 0 Å². The van der Waals surface area contributed by atoms with Crippen LogP contribution in [0.5, 0.6) is 0 Å². The van der Waals surface area contributed by atoms with E-state index in [2.05, 4.69) is 11.8 Å². The van der Waals surface area contributed by atoms with Crippen LogP contribution in [0.15, 0.2) is 0 Å². The molecule has 0 bridgehead atoms. The van der Waals surface area contributed by atoms with Crippen molar-refractivity contribution in [2.24, 2.45) is 5.92 Å². The highest BCUT2D eigenvalue weighted by Crippen LogP contribution is 2.32. The van der Waals surface area contributed by atoms with E-state index in [-0.39, 0.29) is 5.60 Å². The van der Waals surface area contributed by atoms with Crippen molar-refractivity contribution in [1.82, 2.24) is 4.90 Å². The van der Waals surface area contributed by atoms with E-state index in [1.807, 2.05) is 0 Å². The third-order valence-electron chi connectivity index (χ3n) is 4.06. The second kappa shape index (κ2) is 5.50. The molecule has 2 heteroatoms. The van der Waals surface area contributed by atoms with Crippen molar-refractivity contribution in [3.05, 3.63) is 0 Å². The summed E-state index contributed by atoms with van der Waals surface area (Å²) >= 11 is 0. The van der Waals surface area contributed by atoms with Crippen LogP contribution in [-0.2, 0) is 0 Å². The van der Waals surface area contributed by atoms with E-state index in [1.54, 1.807) is 0 Å². The van der Waals surface area contributed by atoms with Crippen LogP contribution >= 0.6 is 0 Å². The minimum absolute atomic E-state index is 0.359. The third-order valence-corrected chi connectivity index (χ3v) is 4.06. The van der Waals surface area contributed by atoms with E-state index in [1.165, 1.54) is 51.6 Å². The molecule has 94 valence electrons. The summed E-state index contributed by atoms with van der Waals surface area (Å²) in [6, 6.07) is 0. The van der Waals surface area contributed by atoms with Crippen LogP contribution in [0.2, 0.25) is 0 Å². The largest absolute Gasteiger partial charge is 0.389 e. The molecule has 0 unspecified atom stereocenters. The first-order valence-corrected chi connectivity index (χ1v) is 7.16. The van der Waals surface area contributed by atoms with Crippen LogP contribution in [0, 0.1) is 5.92 Å². The van der Waals surface area contributed by atoms with E-state index in [0.717, 1.165) is 25.3 Å². The molecule has 2 aliphatic carbocycles. The van der Waals surface area contributed by atoms with E-state index in [4.69, 9.17) is 0 Å². The standard InChI is InChI=1S/C14H27NO/c1-2-10-15(11-13-6-7-13)12-14(16)8-4-3-5-9-14/h13,16H,2-12H2,1H3. The quantitative estimate of drug-likeness (QED) is 0.751. The minimum Gasteiger partial charge on any atom is -0.389 e. The summed E-state index contributed by atoms with van der Waals surface area (Å²) in [4.78, 5) is 2.52. The smallest absolute Gasteiger partial charge is 0.0774 e. The molecule has 0 aliphatic heterocycles. The van der Waals surface area contributed by atoms with Gasteiger partial charge in [0.05, 0.1) is 5.60 Å². The zero-order chi connectivity index (χ0) is 11.4. The molecule has 2 nitrogen and oxygen atoms in total. The van der Waals surface area contributed by atoms with Gasteiger partial charge in [-0.25, -0.2) is 0 Å². The Kier molecular flexibility index (Phi) is 4.26. The number of aliphatic hydroxyl groups is 1. The lowest BCUT2D eigenvalue weighted by Gasteiger charge is -2.37. The molecule has 0 aromatic heterocycles. The summed E-state index contributed by atoms with van der Waals surface area (Å²) in [5.41, 5.74) is -0.359. The number of hydrogen-bond acceptors (Lipinski definition) is 2. The molecule has 2 aliphatic rings. The monoisotopic (exact) mass is 225 g/mol. The Morgan fingerprint density at radius 2 is 1.88 bits per heavy atom. The average Bonchev–Trinajstić information content (AvgIpc) is 3.02. The van der Waals surface area contributed by atoms with E-state index in [9.17, 15) is 5.11 Å². The SMILES string of the molecule is CCCN(CC1CC1)CC1(O)CCCCC1. The highest BCUT2D eigenvalue weighted by Gasteiger charge is 2.33. The fraction of sp³-hybridized carbons (Fsp3) is 1.00. The van der Waals surface area contributed by atoms with Gasteiger partial charge in [-0.2, -0.15) is 0 Å². The second-order valence-electron chi connectivity index (χ2n) is 5.96. The van der Waals surface area contributed by atoms with Gasteiger partial charge in [0.25, 0.3) is 0 Å². The van der Waals surface area contributed by atoms with Crippen molar-refractivity contribution in [2.75, 3.05) is 19.6 Å². The van der Waals surface area contributed by atoms with Crippen molar-refractivity contribution < 1.29 is 5.11 Å². The molecule has 0 radical (unpaired) electrons. The average molecular weight is 225 g/mol. The fourth-order valence-electron chi connectivity index (χ4n) is 3.00. The highest BCUT2D eigenvalue weighted by atomic mass is 16.3. The predicted octanol–water partition coefficient (Wildman–Crippen LogP) is 2.80. The molecule has 0 aromatic rings. The lowest BCUT2D eigenvalue weighted by atomic mass is 9.84. The number of nitrogens with zero attached hydrogens (tertiary/aromatic N) is 1. The first-order chi connectivity index (χ1) is 7.72. The van der Waals surface area contributed by atoms with E-state index in [0.29, 0.717) is 0 Å². The van der Waals surface area contributed by atoms with Crippen LogP contribution in [0.3, 0.4) is 0 Å². The van der Waals surface area contributed by atoms with Gasteiger partial charge < -0.3 is 10.0 Å². The second-order valence-corrected chi connectivity index (χ2v) is 5.96. The van der Waals surface area contributed by atoms with Gasteiger partial charge in [-0.05, 0) is 44.6 Å². The van der Waals surface area contributed by atoms with Crippen molar-refractivity contribution in [3.8, 4) is 0 Å². The van der Waals surface area contributed by atoms with Crippen molar-refractivity contribution in [3.63, 3.8) is 0 Å². The Balaban J connectivity index is 1.81. The Bertz CT molecular complexity index is 207. The molecule has 0 aromatic carbocycles. The molecule has 2 saturated carbocycles. The van der Waals surface area contributed by atoms with E-state index >= 15 is 0 Å². The summed E-state index contributed by atoms with van der Waals surface area (Å²) < 4.78 is 0. The van der Waals surface area contributed by atoms with Gasteiger partial charge in [0.2, 0.25) is 0 Å². The van der Waals surface area contributed by atoms with Gasteiger partial charge in [0, 0.05) is 13.1 Å². The van der Waals surface area contributed by atoms with Crippen molar-refractivity contribution >= 4 is 0 Å². The molecular weight excluding hydrogens is 198 g/mol. The zero-order valence-electron chi connectivity index (χ0n) is 10.7. The van der Waals surface area contributed by atoms with Gasteiger partial charge in [0.15, 0.2) is 0 Å². The van der Waals surface area contributed by atoms with E-state index < -0.39 is 0 Å². The molecule has 0 saturated heterocycles. The predicted molar refractivity (Wildman–Crippen MR) is 67.5 cm³/mol. The maximum atomic E-state index is 10.6. The summed E-state index contributed by atoms with van der Waals surface area (Å²) in [7, 11) is 0. The van der Waals surface area contributed by atoms with Gasteiger partial charge in [-0.3, -0.25) is 0 Å². The van der Waals surface area contributed by atoms with Crippen molar-refractivity contribution in [1.29, 1.82) is 0 Å². The summed E-state index contributed by atoms with van der Waals surface area (Å²) in [6.45, 7) is 5.57. The van der Waals surface area contributed by atoms with Gasteiger partial charge >= 0.3 is 0 Å². The maximum absolute atomic E-state index is 10.6. The summed E-state index contributed by atoms with van der Waals surface area (Å²) in [5, 5.41) is 10.6. The first-order valence-electron chi connectivity index (χ1n) is 7.16. The lowest BCUT2D eigenvalue weighted by Crippen LogP contribution is -2.45. The third kappa shape index (κ3) is 3.74. The Morgan fingerprint density at radius 3 is 2.44 bits per heavy atom. The van der Waals surface area contributed by atoms with Crippen LogP contribution in [0.25, 0.3) is 0 Å². The molecular formula is C14H27NO. The summed E-state index contributed by atoms with van der Waals surface area (Å²) in [5.74, 6) is 0.943. The molecule has 0 spiro atoms. The van der Waals surface area contributed by atoms with Crippen LogP contribution in [-0.4, -0.2) is 35.2 Å². The fourth-order valence-corrected chi connectivity index (χ4v) is 3.00. The Hall–Kier alpha value is -0.0800. The maximum Gasteiger partial charge on any atom is 0.0774 e. The van der Waals surface area contributed by atoms with Crippen molar-refractivity contribution in [2.45, 2.75) is 63.9 Å². The molecule has 2 fully saturated rings. The molecule has 0 atom stereocenters. The summed E-state index contributed by atoms with van der Waals surface area (Å²) in [6.07, 6.45) is 9.86. The first kappa shape index (κ1) is 12.4. The Morgan fingerprint density at radius 1 is 1.19 bits per heavy atom. The Labute approximate surface area is 100 Å². The molecule has 1 N–H and O–H groups in total. The topological polar surface area (TPSA) is 23.5 Å². The van der Waals surface area contributed by atoms with Gasteiger partial charge in [-0.15, -0.1) is 0 Å². The molecule has 2 rings (SSSR count). The molecule has 16 heavy (non-hydrogen) atoms. The molecule has 0 heterocycles. The highest BCUT2D eigenvalue weighted by molar-refractivity contribution is 4.87. The lowest BCUT2D eigenvalue weighted by molar-refractivity contribution is -0.0271. The zero-order valence-corrected chi connectivity index (χ0v) is 10.7. The minimum atomic E-state index is -0.359. The normalized spacial score (nSPS) is 24.9. The number of hydrogen-bond donors (Lipinski definition) is 1. The van der Waals surface area contributed by atoms with Gasteiger partial charge in [0.1, 0.15) is 0 Å². The number of rotatable bonds is 6. The van der Waals surface area contributed by atoms with Crippen LogP contribution in [0.1, 0.15) is 58.3 Å².